The van der Waals surface area contributed by atoms with E-state index in [1.54, 1.807) is 24.3 Å². The van der Waals surface area contributed by atoms with Gasteiger partial charge in [0, 0.05) is 6.54 Å². The third-order valence-corrected chi connectivity index (χ3v) is 2.88. The number of nitrogens with zero attached hydrogens (tertiary/aromatic N) is 2. The zero-order valence-electron chi connectivity index (χ0n) is 11.5. The van der Waals surface area contributed by atoms with Gasteiger partial charge in [0.05, 0.1) is 26.2 Å². The number of para-hydroxylation sites is 1. The van der Waals surface area contributed by atoms with Gasteiger partial charge in [-0.2, -0.15) is 5.26 Å². The second-order valence-electron chi connectivity index (χ2n) is 5.20. The van der Waals surface area contributed by atoms with Crippen LogP contribution in [0.2, 0.25) is 0 Å². The van der Waals surface area contributed by atoms with Crippen molar-refractivity contribution in [2.45, 2.75) is 6.10 Å². The van der Waals surface area contributed by atoms with Crippen LogP contribution in [0.1, 0.15) is 5.56 Å². The van der Waals surface area contributed by atoms with Crippen LogP contribution in [-0.4, -0.2) is 56.0 Å². The van der Waals surface area contributed by atoms with Crippen molar-refractivity contribution in [1.29, 1.82) is 5.26 Å². The van der Waals surface area contributed by atoms with Gasteiger partial charge in [0.25, 0.3) is 0 Å². The number of rotatable bonds is 7. The summed E-state index contributed by atoms with van der Waals surface area (Å²) in [6.07, 6.45) is -0.590. The molecule has 1 aromatic rings. The van der Waals surface area contributed by atoms with Crippen molar-refractivity contribution in [2.75, 3.05) is 40.3 Å². The summed E-state index contributed by atoms with van der Waals surface area (Å²) in [4.78, 5) is 0. The maximum Gasteiger partial charge on any atom is 0.137 e. The third-order valence-electron chi connectivity index (χ3n) is 2.88. The van der Waals surface area contributed by atoms with E-state index in [4.69, 9.17) is 15.7 Å². The molecule has 1 rings (SSSR count). The molecule has 0 unspecified atom stereocenters. The normalized spacial score (nSPS) is 12.8. The fourth-order valence-electron chi connectivity index (χ4n) is 1.93. The molecule has 5 heteroatoms. The van der Waals surface area contributed by atoms with Crippen LogP contribution in [0.5, 0.6) is 5.75 Å². The summed E-state index contributed by atoms with van der Waals surface area (Å²) >= 11 is 0. The molecule has 0 aliphatic carbocycles. The van der Waals surface area contributed by atoms with Crippen molar-refractivity contribution in [3.63, 3.8) is 0 Å². The maximum absolute atomic E-state index is 9.97. The fraction of sp³-hybridized carbons (Fsp3) is 0.500. The van der Waals surface area contributed by atoms with E-state index in [0.29, 0.717) is 28.9 Å². The van der Waals surface area contributed by atoms with Gasteiger partial charge in [0.15, 0.2) is 0 Å². The standard InChI is InChI=1S/C14H22N3O2/c1-17(2,8-7-15)10-13(18)11-19-14-6-4-3-5-12(14)9-16/h3-6,13,18H,7-8,10-11,15H2,1-2H3/q+1/t13-/m0/s1. The molecule has 0 aliphatic heterocycles. The molecular weight excluding hydrogens is 242 g/mol. The molecular formula is C14H22N3O2+. The molecule has 0 bridgehead atoms. The van der Waals surface area contributed by atoms with E-state index in [9.17, 15) is 5.11 Å². The Morgan fingerprint density at radius 3 is 2.74 bits per heavy atom. The van der Waals surface area contributed by atoms with E-state index < -0.39 is 6.10 Å². The lowest BCUT2D eigenvalue weighted by Gasteiger charge is -2.31. The Morgan fingerprint density at radius 1 is 1.42 bits per heavy atom. The SMILES string of the molecule is C[N+](C)(CCN)C[C@H](O)COc1ccccc1C#N. The highest BCUT2D eigenvalue weighted by atomic mass is 16.5. The minimum atomic E-state index is -0.590. The largest absolute Gasteiger partial charge is 0.489 e. The number of quaternary nitrogens is 1. The minimum absolute atomic E-state index is 0.172. The molecule has 3 N–H and O–H groups in total. The molecule has 1 atom stereocenters. The molecule has 0 aliphatic rings. The first-order valence-corrected chi connectivity index (χ1v) is 6.30. The molecule has 0 saturated carbocycles. The summed E-state index contributed by atoms with van der Waals surface area (Å²) in [5.41, 5.74) is 6.01. The lowest BCUT2D eigenvalue weighted by molar-refractivity contribution is -0.892. The van der Waals surface area contributed by atoms with Gasteiger partial charge in [-0.3, -0.25) is 0 Å². The predicted molar refractivity (Wildman–Crippen MR) is 73.6 cm³/mol. The molecule has 5 nitrogen and oxygen atoms in total. The smallest absolute Gasteiger partial charge is 0.137 e. The van der Waals surface area contributed by atoms with Gasteiger partial charge >= 0.3 is 0 Å². The van der Waals surface area contributed by atoms with E-state index in [2.05, 4.69) is 6.07 Å². The molecule has 19 heavy (non-hydrogen) atoms. The summed E-state index contributed by atoms with van der Waals surface area (Å²) in [5.74, 6) is 0.508. The zero-order chi connectivity index (χ0) is 14.3. The van der Waals surface area contributed by atoms with Gasteiger partial charge in [-0.25, -0.2) is 0 Å². The second kappa shape index (κ2) is 7.10. The first-order chi connectivity index (χ1) is 8.98. The average molecular weight is 264 g/mol. The van der Waals surface area contributed by atoms with Crippen molar-refractivity contribution < 1.29 is 14.3 Å². The van der Waals surface area contributed by atoms with Crippen molar-refractivity contribution in [1.82, 2.24) is 0 Å². The summed E-state index contributed by atoms with van der Waals surface area (Å²) in [6.45, 7) is 2.11. The van der Waals surface area contributed by atoms with Crippen LogP contribution in [0.15, 0.2) is 24.3 Å². The van der Waals surface area contributed by atoms with Gasteiger partial charge in [-0.05, 0) is 12.1 Å². The van der Waals surface area contributed by atoms with Crippen molar-refractivity contribution in [2.24, 2.45) is 5.73 Å². The van der Waals surface area contributed by atoms with Crippen molar-refractivity contribution in [3.05, 3.63) is 29.8 Å². The first kappa shape index (κ1) is 15.4. The van der Waals surface area contributed by atoms with Gasteiger partial charge in [-0.15, -0.1) is 0 Å². The second-order valence-corrected chi connectivity index (χ2v) is 5.20. The van der Waals surface area contributed by atoms with Gasteiger partial charge < -0.3 is 20.1 Å². The van der Waals surface area contributed by atoms with Crippen LogP contribution in [0, 0.1) is 11.3 Å². The highest BCUT2D eigenvalue weighted by molar-refractivity contribution is 5.42. The quantitative estimate of drug-likeness (QED) is 0.696. The number of aliphatic hydroxyl groups excluding tert-OH is 1. The average Bonchev–Trinajstić information content (AvgIpc) is 2.36. The Hall–Kier alpha value is -1.61. The van der Waals surface area contributed by atoms with Crippen LogP contribution in [0.4, 0.5) is 0 Å². The Labute approximate surface area is 114 Å². The molecule has 0 amide bonds. The number of hydrogen-bond acceptors (Lipinski definition) is 4. The molecule has 0 radical (unpaired) electrons. The Kier molecular flexibility index (Phi) is 5.77. The first-order valence-electron chi connectivity index (χ1n) is 6.30. The number of benzene rings is 1. The van der Waals surface area contributed by atoms with Crippen molar-refractivity contribution in [3.8, 4) is 11.8 Å². The highest BCUT2D eigenvalue weighted by Crippen LogP contribution is 2.16. The Morgan fingerprint density at radius 2 is 2.11 bits per heavy atom. The summed E-state index contributed by atoms with van der Waals surface area (Å²) < 4.78 is 6.14. The molecule has 1 aromatic carbocycles. The molecule has 0 saturated heterocycles. The van der Waals surface area contributed by atoms with E-state index in [1.807, 2.05) is 14.1 Å². The third kappa shape index (κ3) is 5.26. The number of hydrogen-bond donors (Lipinski definition) is 2. The van der Waals surface area contributed by atoms with E-state index in [0.717, 1.165) is 6.54 Å². The molecule has 0 fully saturated rings. The molecule has 0 spiro atoms. The lowest BCUT2D eigenvalue weighted by Crippen LogP contribution is -2.49. The highest BCUT2D eigenvalue weighted by Gasteiger charge is 2.20. The molecule has 0 aromatic heterocycles. The van der Waals surface area contributed by atoms with Crippen LogP contribution < -0.4 is 10.5 Å². The monoisotopic (exact) mass is 264 g/mol. The lowest BCUT2D eigenvalue weighted by atomic mass is 10.2. The number of nitrogens with two attached hydrogens (primary N) is 1. The van der Waals surface area contributed by atoms with Gasteiger partial charge in [0.1, 0.15) is 31.1 Å². The Bertz CT molecular complexity index is 441. The zero-order valence-corrected chi connectivity index (χ0v) is 11.5. The predicted octanol–water partition coefficient (Wildman–Crippen LogP) is 0.333. The molecule has 104 valence electrons. The van der Waals surface area contributed by atoms with E-state index >= 15 is 0 Å². The summed E-state index contributed by atoms with van der Waals surface area (Å²) in [5, 5.41) is 18.9. The Balaban J connectivity index is 2.51. The van der Waals surface area contributed by atoms with Crippen molar-refractivity contribution >= 4 is 0 Å². The number of ether oxygens (including phenoxy) is 1. The summed E-state index contributed by atoms with van der Waals surface area (Å²) in [7, 11) is 4.03. The van der Waals surface area contributed by atoms with E-state index in [-0.39, 0.29) is 6.61 Å². The maximum atomic E-state index is 9.97. The minimum Gasteiger partial charge on any atom is -0.489 e. The number of nitriles is 1. The van der Waals surface area contributed by atoms with Crippen LogP contribution in [0.3, 0.4) is 0 Å². The van der Waals surface area contributed by atoms with E-state index in [1.165, 1.54) is 0 Å². The fourth-order valence-corrected chi connectivity index (χ4v) is 1.93. The topological polar surface area (TPSA) is 79.3 Å². The number of likely N-dealkylation sites (N-methyl/N-ethyl adjacent to an activating group) is 1. The van der Waals surface area contributed by atoms with Crippen LogP contribution in [0.25, 0.3) is 0 Å². The van der Waals surface area contributed by atoms with Gasteiger partial charge in [-0.1, -0.05) is 12.1 Å². The van der Waals surface area contributed by atoms with Gasteiger partial charge in [0.2, 0.25) is 0 Å². The van der Waals surface area contributed by atoms with Crippen LogP contribution in [-0.2, 0) is 0 Å². The number of aliphatic hydroxyl groups is 1. The molecule has 0 heterocycles. The summed E-state index contributed by atoms with van der Waals surface area (Å²) in [6, 6.07) is 9.06. The van der Waals surface area contributed by atoms with Crippen LogP contribution >= 0.6 is 0 Å².